The summed E-state index contributed by atoms with van der Waals surface area (Å²) in [5.41, 5.74) is 3.22. The van der Waals surface area contributed by atoms with E-state index in [1.165, 1.54) is 12.1 Å². The molecule has 0 saturated heterocycles. The van der Waals surface area contributed by atoms with Gasteiger partial charge in [-0.3, -0.25) is 0 Å². The topological polar surface area (TPSA) is 57.1 Å². The molecule has 1 aliphatic rings. The van der Waals surface area contributed by atoms with Gasteiger partial charge < -0.3 is 14.3 Å². The van der Waals surface area contributed by atoms with Crippen molar-refractivity contribution in [1.82, 2.24) is 0 Å². The van der Waals surface area contributed by atoms with Crippen molar-refractivity contribution < 1.29 is 23.5 Å². The summed E-state index contributed by atoms with van der Waals surface area (Å²) in [6.07, 6.45) is 1.72. The molecule has 5 nitrogen and oxygen atoms in total. The molecule has 0 spiro atoms. The molecule has 0 saturated carbocycles. The van der Waals surface area contributed by atoms with Crippen LogP contribution in [-0.2, 0) is 16.2 Å². The predicted molar refractivity (Wildman–Crippen MR) is 123 cm³/mol. The SMILES string of the molecule is COc1cc(/C=C2\C(=O)ON=C2c2ccccc2)cc(I)c1OCc1ccc(F)cc1. The number of oxime groups is 1. The van der Waals surface area contributed by atoms with Gasteiger partial charge in [0, 0.05) is 5.56 Å². The summed E-state index contributed by atoms with van der Waals surface area (Å²) in [5, 5.41) is 3.93. The zero-order valence-electron chi connectivity index (χ0n) is 16.5. The van der Waals surface area contributed by atoms with E-state index in [2.05, 4.69) is 27.7 Å². The lowest BCUT2D eigenvalue weighted by molar-refractivity contribution is -0.136. The van der Waals surface area contributed by atoms with Crippen LogP contribution in [-0.4, -0.2) is 18.8 Å². The first kappa shape index (κ1) is 21.0. The zero-order valence-corrected chi connectivity index (χ0v) is 18.6. The second-order valence-electron chi connectivity index (χ2n) is 6.69. The third-order valence-corrected chi connectivity index (χ3v) is 5.40. The second kappa shape index (κ2) is 9.30. The average molecular weight is 529 g/mol. The first-order valence-corrected chi connectivity index (χ1v) is 10.4. The van der Waals surface area contributed by atoms with E-state index in [0.717, 1.165) is 20.3 Å². The predicted octanol–water partition coefficient (Wildman–Crippen LogP) is 5.36. The van der Waals surface area contributed by atoms with E-state index in [4.69, 9.17) is 14.3 Å². The highest BCUT2D eigenvalue weighted by Crippen LogP contribution is 2.35. The van der Waals surface area contributed by atoms with Crippen molar-refractivity contribution in [3.05, 3.63) is 98.4 Å². The minimum absolute atomic E-state index is 0.268. The average Bonchev–Trinajstić information content (AvgIpc) is 3.14. The number of benzene rings is 3. The van der Waals surface area contributed by atoms with Crippen molar-refractivity contribution in [2.75, 3.05) is 7.11 Å². The van der Waals surface area contributed by atoms with Gasteiger partial charge in [-0.25, -0.2) is 9.18 Å². The Morgan fingerprint density at radius 2 is 1.84 bits per heavy atom. The molecule has 0 atom stereocenters. The molecule has 7 heteroatoms. The van der Waals surface area contributed by atoms with Crippen molar-refractivity contribution in [2.45, 2.75) is 6.61 Å². The molecule has 0 amide bonds. The van der Waals surface area contributed by atoms with Crippen molar-refractivity contribution in [1.29, 1.82) is 0 Å². The fraction of sp³-hybridized carbons (Fsp3) is 0.0833. The monoisotopic (exact) mass is 529 g/mol. The molecule has 1 aliphatic heterocycles. The van der Waals surface area contributed by atoms with Crippen LogP contribution in [0.15, 0.2) is 77.5 Å². The van der Waals surface area contributed by atoms with Crippen molar-refractivity contribution in [2.24, 2.45) is 5.16 Å². The summed E-state index contributed by atoms with van der Waals surface area (Å²) in [6.45, 7) is 0.268. The van der Waals surface area contributed by atoms with E-state index in [0.29, 0.717) is 22.8 Å². The van der Waals surface area contributed by atoms with Crippen LogP contribution in [0.1, 0.15) is 16.7 Å². The molecule has 4 rings (SSSR count). The molecule has 0 bridgehead atoms. The van der Waals surface area contributed by atoms with E-state index in [9.17, 15) is 9.18 Å². The lowest BCUT2D eigenvalue weighted by Gasteiger charge is -2.14. The van der Waals surface area contributed by atoms with Crippen molar-refractivity contribution in [3.8, 4) is 11.5 Å². The Hall–Kier alpha value is -3.20. The quantitative estimate of drug-likeness (QED) is 0.245. The number of nitrogens with zero attached hydrogens (tertiary/aromatic N) is 1. The first-order valence-electron chi connectivity index (χ1n) is 9.37. The lowest BCUT2D eigenvalue weighted by atomic mass is 10.0. The Morgan fingerprint density at radius 3 is 2.55 bits per heavy atom. The maximum Gasteiger partial charge on any atom is 0.368 e. The van der Waals surface area contributed by atoms with Crippen LogP contribution in [0.2, 0.25) is 0 Å². The van der Waals surface area contributed by atoms with E-state index < -0.39 is 5.97 Å². The molecule has 3 aromatic carbocycles. The maximum atomic E-state index is 13.1. The fourth-order valence-electron chi connectivity index (χ4n) is 3.08. The van der Waals surface area contributed by atoms with E-state index >= 15 is 0 Å². The number of halogens is 2. The Bertz CT molecular complexity index is 1170. The number of hydrogen-bond donors (Lipinski definition) is 0. The van der Waals surface area contributed by atoms with Crippen LogP contribution in [0.4, 0.5) is 4.39 Å². The molecule has 0 fully saturated rings. The van der Waals surface area contributed by atoms with Crippen LogP contribution < -0.4 is 9.47 Å². The number of rotatable bonds is 6. The van der Waals surface area contributed by atoms with E-state index in [1.54, 1.807) is 31.4 Å². The van der Waals surface area contributed by atoms with Gasteiger partial charge in [0.2, 0.25) is 0 Å². The molecule has 0 N–H and O–H groups in total. The minimum Gasteiger partial charge on any atom is -0.493 e. The molecule has 0 aromatic heterocycles. The first-order chi connectivity index (χ1) is 15.0. The van der Waals surface area contributed by atoms with Crippen LogP contribution in [0.3, 0.4) is 0 Å². The maximum absolute atomic E-state index is 13.1. The highest BCUT2D eigenvalue weighted by molar-refractivity contribution is 14.1. The number of carbonyl (C=O) groups is 1. The van der Waals surface area contributed by atoms with Gasteiger partial charge in [-0.1, -0.05) is 47.6 Å². The molecule has 31 heavy (non-hydrogen) atoms. The third-order valence-electron chi connectivity index (χ3n) is 4.60. The van der Waals surface area contributed by atoms with Crippen molar-refractivity contribution in [3.63, 3.8) is 0 Å². The van der Waals surface area contributed by atoms with Gasteiger partial charge in [0.05, 0.1) is 16.3 Å². The Balaban J connectivity index is 1.62. The van der Waals surface area contributed by atoms with E-state index in [-0.39, 0.29) is 12.4 Å². The number of methoxy groups -OCH3 is 1. The van der Waals surface area contributed by atoms with Gasteiger partial charge in [-0.05, 0) is 64.1 Å². The minimum atomic E-state index is -0.510. The summed E-state index contributed by atoms with van der Waals surface area (Å²) < 4.78 is 25.3. The Morgan fingerprint density at radius 1 is 1.10 bits per heavy atom. The van der Waals surface area contributed by atoms with Gasteiger partial charge >= 0.3 is 5.97 Å². The standard InChI is InChI=1S/C24H17FINO4/c1-29-21-13-16(11-19-22(27-31-24(19)28)17-5-3-2-4-6-17)12-20(26)23(21)30-14-15-7-9-18(25)10-8-15/h2-13H,14H2,1H3/b19-11-. The number of hydrogen-bond acceptors (Lipinski definition) is 5. The van der Waals surface area contributed by atoms with Gasteiger partial charge in [0.25, 0.3) is 0 Å². The molecule has 0 radical (unpaired) electrons. The second-order valence-corrected chi connectivity index (χ2v) is 7.85. The van der Waals surface area contributed by atoms with Gasteiger partial charge in [-0.15, -0.1) is 0 Å². The molecule has 3 aromatic rings. The molecule has 156 valence electrons. The third kappa shape index (κ3) is 4.77. The van der Waals surface area contributed by atoms with Crippen LogP contribution >= 0.6 is 22.6 Å². The molecular formula is C24H17FINO4. The largest absolute Gasteiger partial charge is 0.493 e. The number of ether oxygens (including phenoxy) is 2. The normalized spacial score (nSPS) is 14.4. The van der Waals surface area contributed by atoms with Crippen LogP contribution in [0.25, 0.3) is 6.08 Å². The Labute approximate surface area is 192 Å². The van der Waals surface area contributed by atoms with E-state index in [1.807, 2.05) is 36.4 Å². The van der Waals surface area contributed by atoms with Gasteiger partial charge in [0.1, 0.15) is 18.1 Å². The molecule has 1 heterocycles. The highest BCUT2D eigenvalue weighted by atomic mass is 127. The molecule has 0 unspecified atom stereocenters. The Kier molecular flexibility index (Phi) is 6.31. The highest BCUT2D eigenvalue weighted by Gasteiger charge is 2.27. The van der Waals surface area contributed by atoms with Gasteiger partial charge in [0.15, 0.2) is 11.5 Å². The summed E-state index contributed by atoms with van der Waals surface area (Å²) in [6, 6.07) is 19.2. The van der Waals surface area contributed by atoms with Crippen LogP contribution in [0.5, 0.6) is 11.5 Å². The summed E-state index contributed by atoms with van der Waals surface area (Å²) in [4.78, 5) is 17.2. The van der Waals surface area contributed by atoms with Crippen LogP contribution in [0, 0.1) is 9.39 Å². The summed E-state index contributed by atoms with van der Waals surface area (Å²) >= 11 is 2.15. The number of carbonyl (C=O) groups excluding carboxylic acids is 1. The molecular weight excluding hydrogens is 512 g/mol. The van der Waals surface area contributed by atoms with Crippen molar-refractivity contribution >= 4 is 40.3 Å². The summed E-state index contributed by atoms with van der Waals surface area (Å²) in [7, 11) is 1.55. The molecule has 0 aliphatic carbocycles. The lowest BCUT2D eigenvalue weighted by Crippen LogP contribution is -2.07. The smallest absolute Gasteiger partial charge is 0.368 e. The fourth-order valence-corrected chi connectivity index (χ4v) is 3.86. The van der Waals surface area contributed by atoms with Gasteiger partial charge in [-0.2, -0.15) is 0 Å². The zero-order chi connectivity index (χ0) is 21.8. The summed E-state index contributed by atoms with van der Waals surface area (Å²) in [5.74, 6) is 0.285.